The molecular weight excluding hydrogens is 298 g/mol. The lowest BCUT2D eigenvalue weighted by Gasteiger charge is -2.35. The van der Waals surface area contributed by atoms with Gasteiger partial charge in [-0.2, -0.15) is 0 Å². The van der Waals surface area contributed by atoms with Crippen LogP contribution >= 0.6 is 11.6 Å². The van der Waals surface area contributed by atoms with Crippen molar-refractivity contribution in [3.63, 3.8) is 0 Å². The van der Waals surface area contributed by atoms with Crippen LogP contribution in [0.15, 0.2) is 42.5 Å². The molecule has 1 fully saturated rings. The molecule has 0 atom stereocenters. The van der Waals surface area contributed by atoms with Crippen LogP contribution in [0, 0.1) is 0 Å². The SMILES string of the molecule is C/C=C/C=C/C(=O)Nc1cc(Cl)ccc1N1CCN(C)CC1. The molecule has 0 aliphatic carbocycles. The molecule has 1 aromatic carbocycles. The van der Waals surface area contributed by atoms with Crippen molar-refractivity contribution in [1.29, 1.82) is 0 Å². The van der Waals surface area contributed by atoms with E-state index in [4.69, 9.17) is 11.6 Å². The smallest absolute Gasteiger partial charge is 0.248 e. The number of likely N-dealkylation sites (N-methyl/N-ethyl adjacent to an activating group) is 1. The molecule has 1 aliphatic heterocycles. The van der Waals surface area contributed by atoms with Gasteiger partial charge in [-0.25, -0.2) is 0 Å². The number of carbonyl (C=O) groups is 1. The first-order valence-corrected chi connectivity index (χ1v) is 7.81. The number of nitrogens with one attached hydrogen (secondary N) is 1. The number of rotatable bonds is 4. The summed E-state index contributed by atoms with van der Waals surface area (Å²) in [5.74, 6) is -0.157. The number of benzene rings is 1. The van der Waals surface area contributed by atoms with Gasteiger partial charge in [-0.05, 0) is 32.2 Å². The first-order valence-electron chi connectivity index (χ1n) is 7.43. The Morgan fingerprint density at radius 1 is 1.23 bits per heavy atom. The summed E-state index contributed by atoms with van der Waals surface area (Å²) < 4.78 is 0. The molecule has 0 aromatic heterocycles. The summed E-state index contributed by atoms with van der Waals surface area (Å²) in [4.78, 5) is 16.6. The zero-order valence-corrected chi connectivity index (χ0v) is 13.8. The van der Waals surface area contributed by atoms with Crippen molar-refractivity contribution in [2.24, 2.45) is 0 Å². The van der Waals surface area contributed by atoms with E-state index in [0.717, 1.165) is 37.6 Å². The Morgan fingerprint density at radius 2 is 1.95 bits per heavy atom. The number of halogens is 1. The standard InChI is InChI=1S/C17H22ClN3O/c1-3-4-5-6-17(22)19-15-13-14(18)7-8-16(15)21-11-9-20(2)10-12-21/h3-8,13H,9-12H2,1-2H3,(H,19,22)/b4-3+,6-5+. The van der Waals surface area contributed by atoms with E-state index in [2.05, 4.69) is 22.2 Å². The zero-order valence-electron chi connectivity index (χ0n) is 13.1. The summed E-state index contributed by atoms with van der Waals surface area (Å²) in [6.45, 7) is 5.81. The number of amides is 1. The van der Waals surface area contributed by atoms with Crippen molar-refractivity contribution in [2.45, 2.75) is 6.92 Å². The summed E-state index contributed by atoms with van der Waals surface area (Å²) in [7, 11) is 2.12. The van der Waals surface area contributed by atoms with Crippen LogP contribution in [0.1, 0.15) is 6.92 Å². The Morgan fingerprint density at radius 3 is 2.64 bits per heavy atom. The van der Waals surface area contributed by atoms with Crippen LogP contribution in [0.2, 0.25) is 5.02 Å². The molecule has 118 valence electrons. The number of allylic oxidation sites excluding steroid dienone is 3. The second-order valence-electron chi connectivity index (χ2n) is 5.33. The van der Waals surface area contributed by atoms with E-state index >= 15 is 0 Å². The monoisotopic (exact) mass is 319 g/mol. The van der Waals surface area contributed by atoms with Gasteiger partial charge in [0, 0.05) is 37.3 Å². The highest BCUT2D eigenvalue weighted by Crippen LogP contribution is 2.30. The van der Waals surface area contributed by atoms with Crippen molar-refractivity contribution in [3.8, 4) is 0 Å². The highest BCUT2D eigenvalue weighted by atomic mass is 35.5. The number of carbonyl (C=O) groups excluding carboxylic acids is 1. The van der Waals surface area contributed by atoms with Gasteiger partial charge in [-0.3, -0.25) is 4.79 Å². The highest BCUT2D eigenvalue weighted by Gasteiger charge is 2.17. The molecule has 1 aliphatic rings. The minimum absolute atomic E-state index is 0.157. The third-order valence-corrected chi connectivity index (χ3v) is 3.85. The van der Waals surface area contributed by atoms with Crippen LogP contribution in [-0.2, 0) is 4.79 Å². The second kappa shape index (κ2) is 8.01. The number of piperazine rings is 1. The summed E-state index contributed by atoms with van der Waals surface area (Å²) in [5, 5.41) is 3.54. The van der Waals surface area contributed by atoms with Crippen LogP contribution in [0.5, 0.6) is 0 Å². The molecule has 0 spiro atoms. The molecular formula is C17H22ClN3O. The lowest BCUT2D eigenvalue weighted by atomic mass is 10.2. The van der Waals surface area contributed by atoms with Gasteiger partial charge in [0.05, 0.1) is 11.4 Å². The Balaban J connectivity index is 2.15. The summed E-state index contributed by atoms with van der Waals surface area (Å²) in [5.41, 5.74) is 1.78. The second-order valence-corrected chi connectivity index (χ2v) is 5.76. The Kier molecular flexibility index (Phi) is 6.04. The van der Waals surface area contributed by atoms with E-state index in [-0.39, 0.29) is 5.91 Å². The van der Waals surface area contributed by atoms with Gasteiger partial charge >= 0.3 is 0 Å². The van der Waals surface area contributed by atoms with Gasteiger partial charge < -0.3 is 15.1 Å². The molecule has 1 aromatic rings. The van der Waals surface area contributed by atoms with Crippen molar-refractivity contribution < 1.29 is 4.79 Å². The molecule has 1 N–H and O–H groups in total. The number of hydrogen-bond acceptors (Lipinski definition) is 3. The lowest BCUT2D eigenvalue weighted by Crippen LogP contribution is -2.44. The van der Waals surface area contributed by atoms with Gasteiger partial charge in [-0.1, -0.05) is 29.8 Å². The van der Waals surface area contributed by atoms with Crippen LogP contribution in [0.4, 0.5) is 11.4 Å². The lowest BCUT2D eigenvalue weighted by molar-refractivity contribution is -0.111. The fourth-order valence-electron chi connectivity index (χ4n) is 2.36. The highest BCUT2D eigenvalue weighted by molar-refractivity contribution is 6.31. The van der Waals surface area contributed by atoms with E-state index in [9.17, 15) is 4.79 Å². The molecule has 4 nitrogen and oxygen atoms in total. The van der Waals surface area contributed by atoms with Crippen LogP contribution < -0.4 is 10.2 Å². The topological polar surface area (TPSA) is 35.6 Å². The maximum Gasteiger partial charge on any atom is 0.248 e. The molecule has 0 saturated carbocycles. The van der Waals surface area contributed by atoms with Gasteiger partial charge in [0.1, 0.15) is 0 Å². The largest absolute Gasteiger partial charge is 0.367 e. The summed E-state index contributed by atoms with van der Waals surface area (Å²) in [6.07, 6.45) is 6.92. The number of hydrogen-bond donors (Lipinski definition) is 1. The predicted molar refractivity (Wildman–Crippen MR) is 93.7 cm³/mol. The third-order valence-electron chi connectivity index (χ3n) is 3.61. The average Bonchev–Trinajstić information content (AvgIpc) is 2.49. The van der Waals surface area contributed by atoms with Gasteiger partial charge in [0.25, 0.3) is 0 Å². The van der Waals surface area contributed by atoms with E-state index in [1.165, 1.54) is 6.08 Å². The van der Waals surface area contributed by atoms with Crippen molar-refractivity contribution in [3.05, 3.63) is 47.5 Å². The van der Waals surface area contributed by atoms with Crippen molar-refractivity contribution in [1.82, 2.24) is 4.90 Å². The number of anilines is 2. The molecule has 2 rings (SSSR count). The Bertz CT molecular complexity index is 575. The quantitative estimate of drug-likeness (QED) is 0.684. The molecule has 0 radical (unpaired) electrons. The fourth-order valence-corrected chi connectivity index (χ4v) is 2.53. The molecule has 5 heteroatoms. The van der Waals surface area contributed by atoms with Crippen molar-refractivity contribution >= 4 is 28.9 Å². The molecule has 1 saturated heterocycles. The van der Waals surface area contributed by atoms with Crippen LogP contribution in [0.25, 0.3) is 0 Å². The van der Waals surface area contributed by atoms with Crippen LogP contribution in [-0.4, -0.2) is 44.0 Å². The van der Waals surface area contributed by atoms with Gasteiger partial charge in [0.2, 0.25) is 5.91 Å². The summed E-state index contributed by atoms with van der Waals surface area (Å²) in [6, 6.07) is 5.63. The van der Waals surface area contributed by atoms with E-state index < -0.39 is 0 Å². The average molecular weight is 320 g/mol. The van der Waals surface area contributed by atoms with E-state index in [1.807, 2.05) is 31.2 Å². The van der Waals surface area contributed by atoms with Crippen LogP contribution in [0.3, 0.4) is 0 Å². The maximum atomic E-state index is 12.0. The molecule has 0 bridgehead atoms. The predicted octanol–water partition coefficient (Wildman–Crippen LogP) is 3.16. The minimum atomic E-state index is -0.157. The first-order chi connectivity index (χ1) is 10.6. The normalized spacial score (nSPS) is 16.6. The Labute approximate surface area is 137 Å². The van der Waals surface area contributed by atoms with Gasteiger partial charge in [-0.15, -0.1) is 0 Å². The van der Waals surface area contributed by atoms with Crippen molar-refractivity contribution in [2.75, 3.05) is 43.4 Å². The minimum Gasteiger partial charge on any atom is -0.367 e. The molecule has 1 heterocycles. The Hall–Kier alpha value is -1.78. The molecule has 1 amide bonds. The zero-order chi connectivity index (χ0) is 15.9. The third kappa shape index (κ3) is 4.61. The number of nitrogens with zero attached hydrogens (tertiary/aromatic N) is 2. The molecule has 0 unspecified atom stereocenters. The fraction of sp³-hybridized carbons (Fsp3) is 0.353. The molecule has 22 heavy (non-hydrogen) atoms. The first kappa shape index (κ1) is 16.6. The van der Waals surface area contributed by atoms with E-state index in [1.54, 1.807) is 12.1 Å². The summed E-state index contributed by atoms with van der Waals surface area (Å²) >= 11 is 6.08. The van der Waals surface area contributed by atoms with E-state index in [0.29, 0.717) is 5.02 Å². The maximum absolute atomic E-state index is 12.0. The van der Waals surface area contributed by atoms with Gasteiger partial charge in [0.15, 0.2) is 0 Å².